The number of urea groups is 1. The van der Waals surface area contributed by atoms with Crippen molar-refractivity contribution in [2.45, 2.75) is 38.3 Å². The molecule has 2 amide bonds. The number of carbonyl (C=O) groups is 1. The molecule has 3 N–H and O–H groups in total. The summed E-state index contributed by atoms with van der Waals surface area (Å²) in [6, 6.07) is 14.4. The average molecular weight is 380 g/mol. The van der Waals surface area contributed by atoms with Gasteiger partial charge in [0.15, 0.2) is 0 Å². The first kappa shape index (κ1) is 18.8. The molecule has 0 fully saturated rings. The lowest BCUT2D eigenvalue weighted by Gasteiger charge is -2.30. The molecule has 0 aromatic heterocycles. The fraction of sp³-hybridized carbons (Fsp3) is 0.435. The smallest absolute Gasteiger partial charge is 0.317 e. The molecule has 148 valence electrons. The number of hydrogen-bond donors (Lipinski definition) is 3. The van der Waals surface area contributed by atoms with Crippen LogP contribution in [0, 0.1) is 5.92 Å². The van der Waals surface area contributed by atoms with E-state index < -0.39 is 0 Å². The van der Waals surface area contributed by atoms with Gasteiger partial charge >= 0.3 is 6.03 Å². The van der Waals surface area contributed by atoms with Crippen molar-refractivity contribution in [1.29, 1.82) is 0 Å². The fourth-order valence-electron chi connectivity index (χ4n) is 4.48. The van der Waals surface area contributed by atoms with E-state index >= 15 is 0 Å². The van der Waals surface area contributed by atoms with Crippen molar-refractivity contribution >= 4 is 6.03 Å². The number of amides is 2. The minimum atomic E-state index is -0.00573. The number of hydrogen-bond acceptors (Lipinski definition) is 3. The van der Waals surface area contributed by atoms with Gasteiger partial charge in [0.2, 0.25) is 0 Å². The van der Waals surface area contributed by atoms with Gasteiger partial charge in [-0.25, -0.2) is 4.79 Å². The number of carbonyl (C=O) groups excluding carboxylic acids is 1. The number of nitrogens with zero attached hydrogens (tertiary/aromatic N) is 1. The number of phenols is 1. The van der Waals surface area contributed by atoms with Crippen LogP contribution in [-0.2, 0) is 25.8 Å². The maximum absolute atomic E-state index is 12.5. The van der Waals surface area contributed by atoms with E-state index in [1.54, 1.807) is 11.0 Å². The first-order chi connectivity index (χ1) is 13.6. The van der Waals surface area contributed by atoms with E-state index in [1.165, 1.54) is 16.7 Å². The highest BCUT2D eigenvalue weighted by Crippen LogP contribution is 2.28. The van der Waals surface area contributed by atoms with Crippen molar-refractivity contribution in [3.05, 3.63) is 64.7 Å². The molecule has 5 nitrogen and oxygen atoms in total. The Morgan fingerprint density at radius 3 is 2.57 bits per heavy atom. The van der Waals surface area contributed by atoms with Crippen LogP contribution in [0.5, 0.6) is 5.75 Å². The van der Waals surface area contributed by atoms with E-state index in [0.717, 1.165) is 44.3 Å². The van der Waals surface area contributed by atoms with Crippen LogP contribution in [0.3, 0.4) is 0 Å². The van der Waals surface area contributed by atoms with Gasteiger partial charge < -0.3 is 20.6 Å². The molecule has 0 radical (unpaired) electrons. The van der Waals surface area contributed by atoms with Crippen molar-refractivity contribution in [1.82, 2.24) is 15.5 Å². The molecule has 0 saturated carbocycles. The summed E-state index contributed by atoms with van der Waals surface area (Å²) in [6.45, 7) is 2.12. The first-order valence-corrected chi connectivity index (χ1v) is 10.2. The van der Waals surface area contributed by atoms with Crippen molar-refractivity contribution in [2.24, 2.45) is 5.92 Å². The van der Waals surface area contributed by atoms with Crippen LogP contribution >= 0.6 is 0 Å². The van der Waals surface area contributed by atoms with Gasteiger partial charge in [-0.2, -0.15) is 0 Å². The molecule has 1 atom stereocenters. The van der Waals surface area contributed by atoms with Gasteiger partial charge in [0.25, 0.3) is 0 Å². The number of benzene rings is 2. The molecule has 0 bridgehead atoms. The molecule has 5 heteroatoms. The maximum Gasteiger partial charge on any atom is 0.317 e. The fourth-order valence-corrected chi connectivity index (χ4v) is 4.48. The molecule has 0 spiro atoms. The summed E-state index contributed by atoms with van der Waals surface area (Å²) < 4.78 is 0. The number of phenolic OH excluding ortho intramolecular Hbond substituents is 1. The highest BCUT2D eigenvalue weighted by Gasteiger charge is 2.23. The molecule has 28 heavy (non-hydrogen) atoms. The lowest BCUT2D eigenvalue weighted by molar-refractivity contribution is 0.201. The van der Waals surface area contributed by atoms with Crippen LogP contribution in [0.15, 0.2) is 42.5 Å². The Morgan fingerprint density at radius 2 is 1.82 bits per heavy atom. The van der Waals surface area contributed by atoms with Gasteiger partial charge in [-0.15, -0.1) is 0 Å². The minimum absolute atomic E-state index is 0.00573. The van der Waals surface area contributed by atoms with E-state index in [9.17, 15) is 9.90 Å². The number of nitrogens with one attached hydrogen (secondary N) is 2. The van der Waals surface area contributed by atoms with Crippen molar-refractivity contribution in [3.63, 3.8) is 0 Å². The van der Waals surface area contributed by atoms with E-state index in [1.807, 2.05) is 19.2 Å². The van der Waals surface area contributed by atoms with Crippen molar-refractivity contribution in [3.8, 4) is 5.75 Å². The zero-order chi connectivity index (χ0) is 19.5. The molecule has 0 saturated heterocycles. The van der Waals surface area contributed by atoms with Crippen molar-refractivity contribution < 1.29 is 9.90 Å². The van der Waals surface area contributed by atoms with Crippen LogP contribution in [0.25, 0.3) is 0 Å². The third kappa shape index (κ3) is 4.30. The van der Waals surface area contributed by atoms with Gasteiger partial charge in [-0.05, 0) is 66.0 Å². The number of aromatic hydroxyl groups is 1. The highest BCUT2D eigenvalue weighted by atomic mass is 16.3. The van der Waals surface area contributed by atoms with Crippen LogP contribution in [-0.4, -0.2) is 42.2 Å². The Kier molecular flexibility index (Phi) is 5.53. The second kappa shape index (κ2) is 8.23. The first-order valence-electron chi connectivity index (χ1n) is 10.2. The molecule has 2 aliphatic rings. The zero-order valence-electron chi connectivity index (χ0n) is 16.4. The monoisotopic (exact) mass is 379 g/mol. The summed E-state index contributed by atoms with van der Waals surface area (Å²) in [5.41, 5.74) is 5.32. The topological polar surface area (TPSA) is 64.6 Å². The summed E-state index contributed by atoms with van der Waals surface area (Å²) >= 11 is 0. The summed E-state index contributed by atoms with van der Waals surface area (Å²) in [4.78, 5) is 14.2. The molecular formula is C23H29N3O2. The molecule has 1 heterocycles. The number of likely N-dealkylation sites (N-methyl/N-ethyl adjacent to an activating group) is 1. The molecule has 1 aliphatic carbocycles. The van der Waals surface area contributed by atoms with E-state index in [2.05, 4.69) is 34.9 Å². The molecule has 1 unspecified atom stereocenters. The van der Waals surface area contributed by atoms with Crippen LogP contribution in [0.1, 0.15) is 28.7 Å². The lowest BCUT2D eigenvalue weighted by atomic mass is 9.95. The summed E-state index contributed by atoms with van der Waals surface area (Å²) in [7, 11) is 1.86. The zero-order valence-corrected chi connectivity index (χ0v) is 16.4. The minimum Gasteiger partial charge on any atom is -0.508 e. The Balaban J connectivity index is 1.20. The molecular weight excluding hydrogens is 350 g/mol. The quantitative estimate of drug-likeness (QED) is 0.749. The standard InChI is InChI=1S/C23H29N3O2/c1-26(15-21-12-19-6-7-22(27)13-20(19)14-25-21)23(28)24-9-8-16-10-17-4-2-3-5-18(17)11-16/h2-7,13,16,21,25,27H,8-12,14-15H2,1H3,(H,24,28). The van der Waals surface area contributed by atoms with Gasteiger partial charge in [-0.1, -0.05) is 30.3 Å². The van der Waals surface area contributed by atoms with E-state index in [4.69, 9.17) is 0 Å². The van der Waals surface area contributed by atoms with E-state index in [-0.39, 0.29) is 12.1 Å². The molecule has 1 aliphatic heterocycles. The predicted molar refractivity (Wildman–Crippen MR) is 110 cm³/mol. The highest BCUT2D eigenvalue weighted by molar-refractivity contribution is 5.73. The third-order valence-electron chi connectivity index (χ3n) is 6.04. The normalized spacial score (nSPS) is 18.4. The van der Waals surface area contributed by atoms with Crippen LogP contribution in [0.2, 0.25) is 0 Å². The Labute approximate surface area is 166 Å². The Hall–Kier alpha value is -2.53. The molecule has 2 aromatic carbocycles. The van der Waals surface area contributed by atoms with E-state index in [0.29, 0.717) is 18.2 Å². The second-order valence-corrected chi connectivity index (χ2v) is 8.18. The van der Waals surface area contributed by atoms with Crippen LogP contribution in [0.4, 0.5) is 4.79 Å². The van der Waals surface area contributed by atoms with Crippen molar-refractivity contribution in [2.75, 3.05) is 20.1 Å². The van der Waals surface area contributed by atoms with Crippen LogP contribution < -0.4 is 10.6 Å². The largest absolute Gasteiger partial charge is 0.508 e. The average Bonchev–Trinajstić information content (AvgIpc) is 3.10. The van der Waals surface area contributed by atoms with Gasteiger partial charge in [0, 0.05) is 32.7 Å². The molecule has 4 rings (SSSR count). The van der Waals surface area contributed by atoms with Gasteiger partial charge in [-0.3, -0.25) is 0 Å². The van der Waals surface area contributed by atoms with Gasteiger partial charge in [0.1, 0.15) is 5.75 Å². The Bertz CT molecular complexity index is 826. The summed E-state index contributed by atoms with van der Waals surface area (Å²) in [5, 5.41) is 16.1. The predicted octanol–water partition coefficient (Wildman–Crippen LogP) is 2.85. The SMILES string of the molecule is CN(CC1Cc2ccc(O)cc2CN1)C(=O)NCCC1Cc2ccccc2C1. The third-order valence-corrected chi connectivity index (χ3v) is 6.04. The van der Waals surface area contributed by atoms with Gasteiger partial charge in [0.05, 0.1) is 0 Å². The number of fused-ring (bicyclic) bond motifs is 2. The maximum atomic E-state index is 12.5. The molecule has 2 aromatic rings. The number of rotatable bonds is 5. The Morgan fingerprint density at radius 1 is 1.11 bits per heavy atom. The second-order valence-electron chi connectivity index (χ2n) is 8.18. The summed E-state index contributed by atoms with van der Waals surface area (Å²) in [5.74, 6) is 0.941. The summed E-state index contributed by atoms with van der Waals surface area (Å²) in [6.07, 6.45) is 4.14. The lowest BCUT2D eigenvalue weighted by Crippen LogP contribution is -2.48.